The van der Waals surface area contributed by atoms with Crippen LogP contribution in [-0.2, 0) is 9.59 Å². The molecule has 23 heavy (non-hydrogen) atoms. The third kappa shape index (κ3) is 17.1. The van der Waals surface area contributed by atoms with E-state index in [9.17, 15) is 9.59 Å². The summed E-state index contributed by atoms with van der Waals surface area (Å²) >= 11 is 0. The Labute approximate surface area is 141 Å². The largest absolute Gasteiger partial charge is 0.356 e. The van der Waals surface area contributed by atoms with Crippen molar-refractivity contribution >= 4 is 11.8 Å². The van der Waals surface area contributed by atoms with Crippen LogP contribution < -0.4 is 22.1 Å². The summed E-state index contributed by atoms with van der Waals surface area (Å²) < 4.78 is 0. The lowest BCUT2D eigenvalue weighted by Gasteiger charge is -2.06. The van der Waals surface area contributed by atoms with Crippen LogP contribution in [0.2, 0.25) is 0 Å². The van der Waals surface area contributed by atoms with E-state index in [0.29, 0.717) is 19.3 Å². The van der Waals surface area contributed by atoms with Gasteiger partial charge < -0.3 is 22.1 Å². The molecule has 2 amide bonds. The van der Waals surface area contributed by atoms with Crippen molar-refractivity contribution in [2.45, 2.75) is 70.6 Å². The molecule has 0 aliphatic rings. The number of carbonyl (C=O) groups excluding carboxylic acids is 2. The Morgan fingerprint density at radius 1 is 0.565 bits per heavy atom. The molecule has 6 nitrogen and oxygen atoms in total. The Kier molecular flexibility index (Phi) is 16.4. The quantitative estimate of drug-likeness (QED) is 0.321. The zero-order valence-electron chi connectivity index (χ0n) is 14.6. The summed E-state index contributed by atoms with van der Waals surface area (Å²) in [5, 5.41) is 5.79. The second kappa shape index (κ2) is 17.2. The molecule has 0 unspecified atom stereocenters. The van der Waals surface area contributed by atoms with Gasteiger partial charge in [0, 0.05) is 25.9 Å². The van der Waals surface area contributed by atoms with Crippen molar-refractivity contribution in [2.24, 2.45) is 11.5 Å². The molecule has 0 atom stereocenters. The maximum atomic E-state index is 11.6. The second-order valence-corrected chi connectivity index (χ2v) is 5.96. The molecule has 0 aliphatic carbocycles. The average molecular weight is 329 g/mol. The minimum Gasteiger partial charge on any atom is -0.356 e. The maximum Gasteiger partial charge on any atom is 0.220 e. The van der Waals surface area contributed by atoms with Gasteiger partial charge in [-0.15, -0.1) is 0 Å². The zero-order chi connectivity index (χ0) is 17.2. The first-order chi connectivity index (χ1) is 11.2. The molecule has 0 bridgehead atoms. The van der Waals surface area contributed by atoms with Crippen molar-refractivity contribution in [3.63, 3.8) is 0 Å². The molecule has 6 N–H and O–H groups in total. The maximum absolute atomic E-state index is 11.6. The summed E-state index contributed by atoms with van der Waals surface area (Å²) in [7, 11) is 0. The summed E-state index contributed by atoms with van der Waals surface area (Å²) in [4.78, 5) is 23.2. The Hall–Kier alpha value is -1.14. The highest BCUT2D eigenvalue weighted by molar-refractivity contribution is 5.78. The molecule has 0 aliphatic heterocycles. The van der Waals surface area contributed by atoms with Crippen LogP contribution >= 0.6 is 0 Å². The minimum atomic E-state index is 0.0402. The Morgan fingerprint density at radius 3 is 1.35 bits per heavy atom. The van der Waals surface area contributed by atoms with Crippen LogP contribution in [0.4, 0.5) is 0 Å². The molecular weight excluding hydrogens is 292 g/mol. The molecule has 6 heteroatoms. The molecule has 0 rings (SSSR count). The van der Waals surface area contributed by atoms with Gasteiger partial charge in [0.25, 0.3) is 0 Å². The van der Waals surface area contributed by atoms with Crippen molar-refractivity contribution in [1.29, 1.82) is 0 Å². The molecular formula is C17H36N4O2. The van der Waals surface area contributed by atoms with E-state index in [1.54, 1.807) is 0 Å². The van der Waals surface area contributed by atoms with E-state index in [0.717, 1.165) is 77.5 Å². The lowest BCUT2D eigenvalue weighted by atomic mass is 10.2. The second-order valence-electron chi connectivity index (χ2n) is 5.96. The van der Waals surface area contributed by atoms with Crippen LogP contribution in [0, 0.1) is 0 Å². The van der Waals surface area contributed by atoms with Gasteiger partial charge in [-0.2, -0.15) is 0 Å². The molecule has 0 heterocycles. The molecule has 136 valence electrons. The van der Waals surface area contributed by atoms with Gasteiger partial charge in [-0.25, -0.2) is 0 Å². The van der Waals surface area contributed by atoms with Gasteiger partial charge in [0.15, 0.2) is 0 Å². The SMILES string of the molecule is NCCCCCCNC(=O)CCCC(=O)NCCCCCCN. The van der Waals surface area contributed by atoms with Gasteiger partial charge in [0.1, 0.15) is 0 Å². The lowest BCUT2D eigenvalue weighted by molar-refractivity contribution is -0.122. The van der Waals surface area contributed by atoms with Crippen molar-refractivity contribution in [3.05, 3.63) is 0 Å². The monoisotopic (exact) mass is 328 g/mol. The lowest BCUT2D eigenvalue weighted by Crippen LogP contribution is -2.26. The fourth-order valence-electron chi connectivity index (χ4n) is 2.29. The summed E-state index contributed by atoms with van der Waals surface area (Å²) in [5.74, 6) is 0.0804. The van der Waals surface area contributed by atoms with Crippen LogP contribution in [-0.4, -0.2) is 38.0 Å². The number of nitrogens with one attached hydrogen (secondary N) is 2. The zero-order valence-corrected chi connectivity index (χ0v) is 14.6. The Bertz CT molecular complexity index is 270. The fourth-order valence-corrected chi connectivity index (χ4v) is 2.29. The van der Waals surface area contributed by atoms with E-state index >= 15 is 0 Å². The van der Waals surface area contributed by atoms with Gasteiger partial charge in [-0.1, -0.05) is 25.7 Å². The molecule has 0 fully saturated rings. The van der Waals surface area contributed by atoms with E-state index in [2.05, 4.69) is 10.6 Å². The minimum absolute atomic E-state index is 0.0402. The molecule has 0 aromatic rings. The molecule has 0 saturated carbocycles. The summed E-state index contributed by atoms with van der Waals surface area (Å²) in [6.45, 7) is 2.92. The van der Waals surface area contributed by atoms with Gasteiger partial charge >= 0.3 is 0 Å². The van der Waals surface area contributed by atoms with E-state index in [1.807, 2.05) is 0 Å². The van der Waals surface area contributed by atoms with Crippen molar-refractivity contribution in [2.75, 3.05) is 26.2 Å². The Balaban J connectivity index is 3.33. The van der Waals surface area contributed by atoms with Crippen molar-refractivity contribution in [1.82, 2.24) is 10.6 Å². The van der Waals surface area contributed by atoms with Gasteiger partial charge in [0.2, 0.25) is 11.8 Å². The van der Waals surface area contributed by atoms with Crippen LogP contribution in [0.3, 0.4) is 0 Å². The van der Waals surface area contributed by atoms with Gasteiger partial charge in [-0.3, -0.25) is 9.59 Å². The predicted molar refractivity (Wildman–Crippen MR) is 94.9 cm³/mol. The van der Waals surface area contributed by atoms with Gasteiger partial charge in [-0.05, 0) is 45.2 Å². The van der Waals surface area contributed by atoms with E-state index in [-0.39, 0.29) is 11.8 Å². The van der Waals surface area contributed by atoms with Crippen molar-refractivity contribution < 1.29 is 9.59 Å². The molecule has 0 aromatic carbocycles. The third-order valence-electron chi connectivity index (χ3n) is 3.71. The number of nitrogens with two attached hydrogens (primary N) is 2. The highest BCUT2D eigenvalue weighted by atomic mass is 16.2. The van der Waals surface area contributed by atoms with E-state index in [4.69, 9.17) is 11.5 Å². The summed E-state index contributed by atoms with van der Waals surface area (Å²) in [6.07, 6.45) is 10.0. The smallest absolute Gasteiger partial charge is 0.220 e. The number of carbonyl (C=O) groups is 2. The predicted octanol–water partition coefficient (Wildman–Crippen LogP) is 1.43. The third-order valence-corrected chi connectivity index (χ3v) is 3.71. The van der Waals surface area contributed by atoms with Crippen LogP contribution in [0.15, 0.2) is 0 Å². The van der Waals surface area contributed by atoms with Gasteiger partial charge in [0.05, 0.1) is 0 Å². The normalized spacial score (nSPS) is 10.5. The molecule has 0 radical (unpaired) electrons. The van der Waals surface area contributed by atoms with Crippen LogP contribution in [0.1, 0.15) is 70.6 Å². The number of rotatable bonds is 16. The highest BCUT2D eigenvalue weighted by Crippen LogP contribution is 2.00. The number of hydrogen-bond donors (Lipinski definition) is 4. The average Bonchev–Trinajstić information content (AvgIpc) is 2.54. The van der Waals surface area contributed by atoms with E-state index in [1.165, 1.54) is 0 Å². The standard InChI is InChI=1S/C17H36N4O2/c18-12-5-1-3-7-14-20-16(22)10-9-11-17(23)21-15-8-4-2-6-13-19/h1-15,18-19H2,(H,20,22)(H,21,23). The van der Waals surface area contributed by atoms with Crippen molar-refractivity contribution in [3.8, 4) is 0 Å². The summed E-state index contributed by atoms with van der Waals surface area (Å²) in [6, 6.07) is 0. The number of unbranched alkanes of at least 4 members (excludes halogenated alkanes) is 6. The molecule has 0 saturated heterocycles. The first-order valence-electron chi connectivity index (χ1n) is 9.14. The first-order valence-corrected chi connectivity index (χ1v) is 9.14. The molecule has 0 spiro atoms. The van der Waals surface area contributed by atoms with Crippen LogP contribution in [0.25, 0.3) is 0 Å². The van der Waals surface area contributed by atoms with E-state index < -0.39 is 0 Å². The first kappa shape index (κ1) is 21.9. The fraction of sp³-hybridized carbons (Fsp3) is 0.882. The van der Waals surface area contributed by atoms with Crippen LogP contribution in [0.5, 0.6) is 0 Å². The highest BCUT2D eigenvalue weighted by Gasteiger charge is 2.04. The Morgan fingerprint density at radius 2 is 0.957 bits per heavy atom. The summed E-state index contributed by atoms with van der Waals surface area (Å²) in [5.41, 5.74) is 10.8. The topological polar surface area (TPSA) is 110 Å². The number of amides is 2. The number of hydrogen-bond acceptors (Lipinski definition) is 4. The molecule has 0 aromatic heterocycles.